The molecule has 0 saturated carbocycles. The van der Waals surface area contributed by atoms with Gasteiger partial charge in [0.25, 0.3) is 0 Å². The molecule has 27 heavy (non-hydrogen) atoms. The molecule has 2 aromatic carbocycles. The Morgan fingerprint density at radius 2 is 1.67 bits per heavy atom. The van der Waals surface area contributed by atoms with Crippen LogP contribution in [0.2, 0.25) is 5.02 Å². The van der Waals surface area contributed by atoms with Crippen LogP contribution in [0.15, 0.2) is 54.6 Å². The molecule has 0 saturated heterocycles. The Balaban J connectivity index is 2.06. The highest BCUT2D eigenvalue weighted by atomic mass is 35.5. The number of carbonyl (C=O) groups is 1. The van der Waals surface area contributed by atoms with E-state index in [1.807, 2.05) is 44.2 Å². The molecule has 5 nitrogen and oxygen atoms in total. The van der Waals surface area contributed by atoms with Crippen LogP contribution in [0.5, 0.6) is 0 Å². The predicted molar refractivity (Wildman–Crippen MR) is 109 cm³/mol. The molecule has 2 aromatic rings. The Labute approximate surface area is 166 Å². The van der Waals surface area contributed by atoms with Crippen molar-refractivity contribution in [2.24, 2.45) is 0 Å². The Morgan fingerprint density at radius 1 is 1.07 bits per heavy atom. The third-order valence-corrected chi connectivity index (χ3v) is 5.63. The lowest BCUT2D eigenvalue weighted by Crippen LogP contribution is -2.49. The van der Waals surface area contributed by atoms with Crippen LogP contribution in [-0.2, 0) is 27.8 Å². The van der Waals surface area contributed by atoms with Gasteiger partial charge in [0.1, 0.15) is 0 Å². The van der Waals surface area contributed by atoms with E-state index in [-0.39, 0.29) is 19.0 Å². The van der Waals surface area contributed by atoms with Crippen LogP contribution in [0.1, 0.15) is 25.0 Å². The summed E-state index contributed by atoms with van der Waals surface area (Å²) in [6.07, 6.45) is 1.73. The van der Waals surface area contributed by atoms with Crippen LogP contribution in [0.4, 0.5) is 0 Å². The van der Waals surface area contributed by atoms with Gasteiger partial charge in [0.2, 0.25) is 15.9 Å². The minimum atomic E-state index is -3.58. The van der Waals surface area contributed by atoms with Crippen LogP contribution < -0.4 is 5.32 Å². The van der Waals surface area contributed by atoms with Crippen molar-refractivity contribution < 1.29 is 13.2 Å². The fraction of sp³-hybridized carbons (Fsp3) is 0.350. The zero-order valence-corrected chi connectivity index (χ0v) is 17.3. The third kappa shape index (κ3) is 6.97. The SMILES string of the molecule is CC(C)(Cc1ccccc1)NC(=O)CN(Cc1ccccc1Cl)S(C)(=O)=O. The van der Waals surface area contributed by atoms with Crippen molar-refractivity contribution in [1.82, 2.24) is 9.62 Å². The molecule has 0 aliphatic carbocycles. The standard InChI is InChI=1S/C20H25ClN2O3S/c1-20(2,13-16-9-5-4-6-10-16)22-19(24)15-23(27(3,25)26)14-17-11-7-8-12-18(17)21/h4-12H,13-15H2,1-3H3,(H,22,24). The van der Waals surface area contributed by atoms with Gasteiger partial charge in [0, 0.05) is 17.1 Å². The van der Waals surface area contributed by atoms with Crippen LogP contribution in [0.3, 0.4) is 0 Å². The number of rotatable bonds is 8. The number of halogens is 1. The Bertz CT molecular complexity index is 883. The second kappa shape index (κ2) is 8.87. The minimum absolute atomic E-state index is 0.0467. The number of carbonyl (C=O) groups excluding carboxylic acids is 1. The summed E-state index contributed by atoms with van der Waals surface area (Å²) < 4.78 is 25.4. The van der Waals surface area contributed by atoms with Crippen LogP contribution in [-0.4, -0.2) is 37.0 Å². The van der Waals surface area contributed by atoms with E-state index < -0.39 is 15.6 Å². The molecule has 0 fully saturated rings. The second-order valence-corrected chi connectivity index (χ2v) is 9.61. The molecule has 0 spiro atoms. The van der Waals surface area contributed by atoms with Gasteiger partial charge >= 0.3 is 0 Å². The average molecular weight is 409 g/mol. The monoisotopic (exact) mass is 408 g/mol. The van der Waals surface area contributed by atoms with Crippen LogP contribution >= 0.6 is 11.6 Å². The van der Waals surface area contributed by atoms with Gasteiger partial charge in [-0.15, -0.1) is 0 Å². The van der Waals surface area contributed by atoms with E-state index in [0.29, 0.717) is 17.0 Å². The first-order valence-corrected chi connectivity index (χ1v) is 10.8. The molecular formula is C20H25ClN2O3S. The van der Waals surface area contributed by atoms with E-state index >= 15 is 0 Å². The van der Waals surface area contributed by atoms with Gasteiger partial charge < -0.3 is 5.32 Å². The maximum atomic E-state index is 12.5. The van der Waals surface area contributed by atoms with Gasteiger partial charge in [0.05, 0.1) is 12.8 Å². The summed E-state index contributed by atoms with van der Waals surface area (Å²) in [5.41, 5.74) is 1.24. The minimum Gasteiger partial charge on any atom is -0.350 e. The molecule has 0 aromatic heterocycles. The molecule has 0 aliphatic rings. The fourth-order valence-electron chi connectivity index (χ4n) is 2.83. The number of benzene rings is 2. The highest BCUT2D eigenvalue weighted by Crippen LogP contribution is 2.18. The largest absolute Gasteiger partial charge is 0.350 e. The number of nitrogens with zero attached hydrogens (tertiary/aromatic N) is 1. The van der Waals surface area contributed by atoms with Crippen molar-refractivity contribution in [1.29, 1.82) is 0 Å². The smallest absolute Gasteiger partial charge is 0.235 e. The molecule has 0 bridgehead atoms. The topological polar surface area (TPSA) is 66.5 Å². The zero-order chi connectivity index (χ0) is 20.1. The highest BCUT2D eigenvalue weighted by Gasteiger charge is 2.26. The maximum Gasteiger partial charge on any atom is 0.235 e. The molecule has 146 valence electrons. The first-order chi connectivity index (χ1) is 12.6. The Hall–Kier alpha value is -1.89. The molecule has 0 radical (unpaired) electrons. The number of hydrogen-bond donors (Lipinski definition) is 1. The first kappa shape index (κ1) is 21.4. The summed E-state index contributed by atoms with van der Waals surface area (Å²) in [5, 5.41) is 3.40. The average Bonchev–Trinajstić information content (AvgIpc) is 2.55. The van der Waals surface area contributed by atoms with E-state index in [0.717, 1.165) is 16.1 Å². The molecule has 1 amide bonds. The van der Waals surface area contributed by atoms with Gasteiger partial charge in [-0.2, -0.15) is 4.31 Å². The van der Waals surface area contributed by atoms with Gasteiger partial charge in [0.15, 0.2) is 0 Å². The second-order valence-electron chi connectivity index (χ2n) is 7.22. The first-order valence-electron chi connectivity index (χ1n) is 8.60. The third-order valence-electron chi connectivity index (χ3n) is 4.06. The molecule has 2 rings (SSSR count). The summed E-state index contributed by atoms with van der Waals surface area (Å²) >= 11 is 6.13. The lowest BCUT2D eigenvalue weighted by atomic mass is 9.95. The summed E-state index contributed by atoms with van der Waals surface area (Å²) in [6, 6.07) is 16.8. The van der Waals surface area contributed by atoms with Crippen LogP contribution in [0, 0.1) is 0 Å². The highest BCUT2D eigenvalue weighted by molar-refractivity contribution is 7.88. The molecule has 0 aliphatic heterocycles. The number of amides is 1. The van der Waals surface area contributed by atoms with Crippen molar-refractivity contribution in [2.75, 3.05) is 12.8 Å². The number of nitrogens with one attached hydrogen (secondary N) is 1. The van der Waals surface area contributed by atoms with Crippen molar-refractivity contribution in [2.45, 2.75) is 32.4 Å². The lowest BCUT2D eigenvalue weighted by molar-refractivity contribution is -0.122. The normalized spacial score (nSPS) is 12.2. The predicted octanol–water partition coefficient (Wildman–Crippen LogP) is 3.24. The molecule has 0 unspecified atom stereocenters. The maximum absolute atomic E-state index is 12.5. The molecule has 0 atom stereocenters. The lowest BCUT2D eigenvalue weighted by Gasteiger charge is -2.28. The van der Waals surface area contributed by atoms with E-state index in [2.05, 4.69) is 5.32 Å². The van der Waals surface area contributed by atoms with Crippen molar-refractivity contribution >= 4 is 27.5 Å². The summed E-state index contributed by atoms with van der Waals surface area (Å²) in [4.78, 5) is 12.5. The van der Waals surface area contributed by atoms with Gasteiger partial charge in [-0.05, 0) is 37.5 Å². The van der Waals surface area contributed by atoms with E-state index in [9.17, 15) is 13.2 Å². The zero-order valence-electron chi connectivity index (χ0n) is 15.8. The van der Waals surface area contributed by atoms with Crippen molar-refractivity contribution in [3.8, 4) is 0 Å². The number of hydrogen-bond acceptors (Lipinski definition) is 3. The fourth-order valence-corrected chi connectivity index (χ4v) is 3.76. The van der Waals surface area contributed by atoms with Crippen molar-refractivity contribution in [3.05, 3.63) is 70.7 Å². The summed E-state index contributed by atoms with van der Waals surface area (Å²) in [6.45, 7) is 3.61. The van der Waals surface area contributed by atoms with Gasteiger partial charge in [-0.3, -0.25) is 4.79 Å². The Morgan fingerprint density at radius 3 is 2.26 bits per heavy atom. The molecule has 1 N–H and O–H groups in total. The Kier molecular flexibility index (Phi) is 7.03. The van der Waals surface area contributed by atoms with E-state index in [1.54, 1.807) is 24.3 Å². The van der Waals surface area contributed by atoms with E-state index in [4.69, 9.17) is 11.6 Å². The molecule has 0 heterocycles. The molecular weight excluding hydrogens is 384 g/mol. The van der Waals surface area contributed by atoms with Gasteiger partial charge in [-0.1, -0.05) is 60.1 Å². The van der Waals surface area contributed by atoms with Gasteiger partial charge in [-0.25, -0.2) is 8.42 Å². The molecule has 7 heteroatoms. The quantitative estimate of drug-likeness (QED) is 0.729. The summed E-state index contributed by atoms with van der Waals surface area (Å²) in [5.74, 6) is -0.353. The van der Waals surface area contributed by atoms with Crippen molar-refractivity contribution in [3.63, 3.8) is 0 Å². The summed E-state index contributed by atoms with van der Waals surface area (Å²) in [7, 11) is -3.58. The van der Waals surface area contributed by atoms with E-state index in [1.165, 1.54) is 0 Å². The number of sulfonamides is 1. The van der Waals surface area contributed by atoms with Crippen LogP contribution in [0.25, 0.3) is 0 Å².